The molecule has 7 nitrogen and oxygen atoms in total. The fourth-order valence-electron chi connectivity index (χ4n) is 4.23. The van der Waals surface area contributed by atoms with Crippen molar-refractivity contribution >= 4 is 10.0 Å². The highest BCUT2D eigenvalue weighted by Gasteiger charge is 2.32. The lowest BCUT2D eigenvalue weighted by atomic mass is 10.0. The number of halogens is 3. The molecule has 3 aromatic rings. The van der Waals surface area contributed by atoms with Crippen molar-refractivity contribution < 1.29 is 31.1 Å². The van der Waals surface area contributed by atoms with Gasteiger partial charge in [0.05, 0.1) is 29.3 Å². The average molecular weight is 546 g/mol. The molecule has 0 aromatic heterocycles. The van der Waals surface area contributed by atoms with Gasteiger partial charge in [0, 0.05) is 6.54 Å². The molecule has 1 aliphatic rings. The van der Waals surface area contributed by atoms with Crippen molar-refractivity contribution in [1.29, 1.82) is 5.26 Å². The highest BCUT2D eigenvalue weighted by Crippen LogP contribution is 2.25. The number of benzene rings is 3. The van der Waals surface area contributed by atoms with Gasteiger partial charge in [0.2, 0.25) is 10.0 Å². The Labute approximate surface area is 219 Å². The number of rotatable bonds is 10. The van der Waals surface area contributed by atoms with E-state index in [4.69, 9.17) is 10.00 Å². The Morgan fingerprint density at radius 3 is 2.16 bits per heavy atom. The highest BCUT2D eigenvalue weighted by molar-refractivity contribution is 7.89. The Morgan fingerprint density at radius 1 is 0.947 bits per heavy atom. The van der Waals surface area contributed by atoms with Crippen LogP contribution in [0.2, 0.25) is 0 Å². The van der Waals surface area contributed by atoms with E-state index in [9.17, 15) is 21.6 Å². The van der Waals surface area contributed by atoms with E-state index in [0.717, 1.165) is 54.1 Å². The predicted octanol–water partition coefficient (Wildman–Crippen LogP) is 5.29. The van der Waals surface area contributed by atoms with Crippen LogP contribution in [-0.4, -0.2) is 45.5 Å². The number of ether oxygens (including phenoxy) is 2. The van der Waals surface area contributed by atoms with Crippen LogP contribution in [0.25, 0.3) is 11.1 Å². The number of alkyl halides is 3. The third-order valence-electron chi connectivity index (χ3n) is 6.08. The van der Waals surface area contributed by atoms with Gasteiger partial charge < -0.3 is 9.47 Å². The quantitative estimate of drug-likeness (QED) is 0.348. The number of nitrogens with one attached hydrogen (secondary N) is 1. The molecule has 1 atom stereocenters. The smallest absolute Gasteiger partial charge is 0.494 e. The molecule has 38 heavy (non-hydrogen) atoms. The van der Waals surface area contributed by atoms with Crippen LogP contribution in [-0.2, 0) is 10.0 Å². The first-order valence-electron chi connectivity index (χ1n) is 12.0. The summed E-state index contributed by atoms with van der Waals surface area (Å²) < 4.78 is 74.8. The molecule has 1 aliphatic heterocycles. The van der Waals surface area contributed by atoms with E-state index >= 15 is 0 Å². The zero-order valence-corrected chi connectivity index (χ0v) is 21.1. The molecule has 0 spiro atoms. The van der Waals surface area contributed by atoms with Crippen LogP contribution in [0.15, 0.2) is 77.7 Å². The third-order valence-corrected chi connectivity index (χ3v) is 7.56. The molecule has 1 N–H and O–H groups in total. The molecule has 0 bridgehead atoms. The van der Waals surface area contributed by atoms with Crippen LogP contribution in [0, 0.1) is 11.3 Å². The summed E-state index contributed by atoms with van der Waals surface area (Å²) in [6.07, 6.45) is -3.12. The molecule has 0 amide bonds. The lowest BCUT2D eigenvalue weighted by Crippen LogP contribution is -2.44. The molecule has 1 saturated heterocycles. The zero-order chi connectivity index (χ0) is 27.2. The van der Waals surface area contributed by atoms with Gasteiger partial charge in [-0.05, 0) is 85.5 Å². The monoisotopic (exact) mass is 545 g/mol. The summed E-state index contributed by atoms with van der Waals surface area (Å²) in [5.74, 6) is 0.238. The summed E-state index contributed by atoms with van der Waals surface area (Å²) in [6, 6.07) is 21.2. The van der Waals surface area contributed by atoms with Gasteiger partial charge in [-0.25, -0.2) is 8.42 Å². The lowest BCUT2D eigenvalue weighted by molar-refractivity contribution is -0.274. The van der Waals surface area contributed by atoms with Crippen LogP contribution in [0.3, 0.4) is 0 Å². The first-order chi connectivity index (χ1) is 18.1. The average Bonchev–Trinajstić information content (AvgIpc) is 3.32. The zero-order valence-electron chi connectivity index (χ0n) is 20.3. The fourth-order valence-corrected chi connectivity index (χ4v) is 5.49. The van der Waals surface area contributed by atoms with E-state index in [1.807, 2.05) is 41.3 Å². The summed E-state index contributed by atoms with van der Waals surface area (Å²) >= 11 is 0. The van der Waals surface area contributed by atoms with Crippen molar-refractivity contribution in [3.05, 3.63) is 78.4 Å². The Balaban J connectivity index is 1.25. The van der Waals surface area contributed by atoms with Crippen LogP contribution in [0.1, 0.15) is 24.8 Å². The van der Waals surface area contributed by atoms with E-state index in [1.165, 1.54) is 0 Å². The highest BCUT2D eigenvalue weighted by atomic mass is 32.2. The van der Waals surface area contributed by atoms with E-state index in [2.05, 4.69) is 15.5 Å². The summed E-state index contributed by atoms with van der Waals surface area (Å²) in [5.41, 5.74) is 2.62. The van der Waals surface area contributed by atoms with Crippen molar-refractivity contribution in [2.75, 3.05) is 19.7 Å². The molecule has 0 aliphatic carbocycles. The molecule has 200 valence electrons. The van der Waals surface area contributed by atoms with E-state index in [1.54, 1.807) is 12.1 Å². The van der Waals surface area contributed by atoms with Gasteiger partial charge in [-0.3, -0.25) is 4.90 Å². The van der Waals surface area contributed by atoms with Crippen molar-refractivity contribution in [3.63, 3.8) is 0 Å². The minimum atomic E-state index is -4.84. The van der Waals surface area contributed by atoms with Crippen LogP contribution >= 0.6 is 0 Å². The molecular weight excluding hydrogens is 519 g/mol. The molecule has 11 heteroatoms. The first kappa shape index (κ1) is 27.4. The molecule has 0 saturated carbocycles. The Hall–Kier alpha value is -3.59. The number of nitrogens with zero attached hydrogens (tertiary/aromatic N) is 2. The number of likely N-dealkylation sites (tertiary alicyclic amines) is 1. The molecule has 1 fully saturated rings. The van der Waals surface area contributed by atoms with Gasteiger partial charge in [0.15, 0.2) is 0 Å². The van der Waals surface area contributed by atoms with Crippen molar-refractivity contribution in [2.45, 2.75) is 36.7 Å². The number of hydrogen-bond acceptors (Lipinski definition) is 6. The second-order valence-corrected chi connectivity index (χ2v) is 10.5. The lowest BCUT2D eigenvalue weighted by Gasteiger charge is -2.25. The van der Waals surface area contributed by atoms with Crippen LogP contribution in [0.4, 0.5) is 13.2 Å². The first-order valence-corrected chi connectivity index (χ1v) is 13.5. The van der Waals surface area contributed by atoms with Gasteiger partial charge >= 0.3 is 6.36 Å². The number of nitriles is 1. The van der Waals surface area contributed by atoms with E-state index in [-0.39, 0.29) is 4.90 Å². The SMILES string of the molecule is N#Cc1ccc(-c2ccc(OCCCN3CCCC3NS(=O)(=O)c3ccc(OC(F)(F)F)cc3)cc2)cc1. The van der Waals surface area contributed by atoms with Crippen molar-refractivity contribution in [1.82, 2.24) is 9.62 Å². The standard InChI is InChI=1S/C27H26F3N3O4S/c28-27(29,30)37-24-12-14-25(15-13-24)38(34,35)32-26-3-1-16-33(26)17-2-18-36-23-10-8-22(9-11-23)21-6-4-20(19-31)5-7-21/h4-15,26,32H,1-3,16-18H2. The molecule has 3 aromatic carbocycles. The van der Waals surface area contributed by atoms with Gasteiger partial charge in [0.1, 0.15) is 11.5 Å². The molecule has 1 unspecified atom stereocenters. The number of hydrogen-bond donors (Lipinski definition) is 1. The Kier molecular flexibility index (Phi) is 8.56. The van der Waals surface area contributed by atoms with E-state index in [0.29, 0.717) is 31.6 Å². The van der Waals surface area contributed by atoms with Gasteiger partial charge in [-0.15, -0.1) is 13.2 Å². The van der Waals surface area contributed by atoms with Crippen molar-refractivity contribution in [2.24, 2.45) is 0 Å². The summed E-state index contributed by atoms with van der Waals surface area (Å²) in [4.78, 5) is 1.89. The van der Waals surface area contributed by atoms with Gasteiger partial charge in [-0.1, -0.05) is 24.3 Å². The van der Waals surface area contributed by atoms with Crippen molar-refractivity contribution in [3.8, 4) is 28.7 Å². The van der Waals surface area contributed by atoms with Gasteiger partial charge in [-0.2, -0.15) is 9.98 Å². The summed E-state index contributed by atoms with van der Waals surface area (Å²) in [6.45, 7) is 1.80. The topological polar surface area (TPSA) is 91.7 Å². The fraction of sp³-hybridized carbons (Fsp3) is 0.296. The molecule has 0 radical (unpaired) electrons. The Bertz CT molecular complexity index is 1360. The Morgan fingerprint density at radius 2 is 1.55 bits per heavy atom. The normalized spacial score (nSPS) is 16.2. The molecule has 1 heterocycles. The van der Waals surface area contributed by atoms with Crippen LogP contribution < -0.4 is 14.2 Å². The second kappa shape index (κ2) is 11.9. The third kappa shape index (κ3) is 7.47. The number of sulfonamides is 1. The van der Waals surface area contributed by atoms with Gasteiger partial charge in [0.25, 0.3) is 0 Å². The van der Waals surface area contributed by atoms with Crippen LogP contribution in [0.5, 0.6) is 11.5 Å². The minimum absolute atomic E-state index is 0.133. The minimum Gasteiger partial charge on any atom is -0.494 e. The second-order valence-electron chi connectivity index (χ2n) is 8.75. The predicted molar refractivity (Wildman–Crippen MR) is 135 cm³/mol. The molecule has 4 rings (SSSR count). The molecular formula is C27H26F3N3O4S. The maximum absolute atomic E-state index is 12.8. The maximum Gasteiger partial charge on any atom is 0.573 e. The summed E-state index contributed by atoms with van der Waals surface area (Å²) in [5, 5.41) is 8.92. The maximum atomic E-state index is 12.8. The largest absolute Gasteiger partial charge is 0.573 e. The van der Waals surface area contributed by atoms with E-state index < -0.39 is 28.3 Å². The summed E-state index contributed by atoms with van der Waals surface area (Å²) in [7, 11) is -3.92.